The Morgan fingerprint density at radius 3 is 2.75 bits per heavy atom. The van der Waals surface area contributed by atoms with Gasteiger partial charge in [0.15, 0.2) is 0 Å². The second-order valence-corrected chi connectivity index (χ2v) is 4.95. The highest BCUT2D eigenvalue weighted by Crippen LogP contribution is 2.28. The molecule has 4 heteroatoms. The van der Waals surface area contributed by atoms with Crippen LogP contribution in [0.25, 0.3) is 11.0 Å². The predicted octanol–water partition coefficient (Wildman–Crippen LogP) is 4.04. The first-order valence-electron chi connectivity index (χ1n) is 7.14. The summed E-state index contributed by atoms with van der Waals surface area (Å²) >= 11 is 0. The van der Waals surface area contributed by atoms with Crippen molar-refractivity contribution in [3.63, 3.8) is 0 Å². The molecule has 2 aromatic rings. The third-order valence-electron chi connectivity index (χ3n) is 3.50. The maximum Gasteiger partial charge on any atom is 0.134 e. The van der Waals surface area contributed by atoms with E-state index in [-0.39, 0.29) is 18.0 Å². The monoisotopic (exact) mass is 279 g/mol. The molecular weight excluding hydrogens is 257 g/mol. The zero-order chi connectivity index (χ0) is 14.5. The van der Waals surface area contributed by atoms with Crippen LogP contribution in [0.4, 0.5) is 4.39 Å². The molecule has 3 nitrogen and oxygen atoms in total. The van der Waals surface area contributed by atoms with Crippen LogP contribution in [0.2, 0.25) is 0 Å². The van der Waals surface area contributed by atoms with Crippen LogP contribution in [0.1, 0.15) is 38.5 Å². The highest BCUT2D eigenvalue weighted by Gasteiger charge is 2.24. The Balaban J connectivity index is 2.33. The van der Waals surface area contributed by atoms with E-state index in [0.29, 0.717) is 5.58 Å². The number of hydrogen-bond donors (Lipinski definition) is 1. The topological polar surface area (TPSA) is 34.4 Å². The third kappa shape index (κ3) is 3.19. The molecule has 1 aromatic heterocycles. The molecule has 2 unspecified atom stereocenters. The molecule has 0 fully saturated rings. The Bertz CT molecular complexity index is 548. The Hall–Kier alpha value is -1.39. The van der Waals surface area contributed by atoms with Gasteiger partial charge in [0.2, 0.25) is 0 Å². The smallest absolute Gasteiger partial charge is 0.134 e. The van der Waals surface area contributed by atoms with Crippen molar-refractivity contribution in [3.8, 4) is 0 Å². The van der Waals surface area contributed by atoms with E-state index in [1.165, 1.54) is 12.1 Å². The molecule has 0 saturated carbocycles. The number of benzene rings is 1. The highest BCUT2D eigenvalue weighted by atomic mass is 19.1. The van der Waals surface area contributed by atoms with Crippen molar-refractivity contribution in [2.75, 3.05) is 13.7 Å². The van der Waals surface area contributed by atoms with Gasteiger partial charge in [0.25, 0.3) is 0 Å². The lowest BCUT2D eigenvalue weighted by Gasteiger charge is -2.24. The summed E-state index contributed by atoms with van der Waals surface area (Å²) in [7, 11) is 1.71. The fraction of sp³-hybridized carbons (Fsp3) is 0.500. The standard InChI is InChI=1S/C16H22FNO2/c1-4-8-18-16(13(5-2)19-3)15-10-11-9-12(17)6-7-14(11)20-15/h6-7,9-10,13,16,18H,4-5,8H2,1-3H3. The van der Waals surface area contributed by atoms with E-state index in [2.05, 4.69) is 19.2 Å². The number of nitrogens with one attached hydrogen (secondary N) is 1. The SMILES string of the molecule is CCCNC(c1cc2cc(F)ccc2o1)C(CC)OC. The second kappa shape index (κ2) is 6.86. The molecule has 1 heterocycles. The molecule has 0 aliphatic rings. The van der Waals surface area contributed by atoms with E-state index in [0.717, 1.165) is 30.5 Å². The largest absolute Gasteiger partial charge is 0.459 e. The summed E-state index contributed by atoms with van der Waals surface area (Å²) in [4.78, 5) is 0. The number of halogens is 1. The number of furan rings is 1. The predicted molar refractivity (Wildman–Crippen MR) is 78.3 cm³/mol. The maximum atomic E-state index is 13.3. The minimum atomic E-state index is -0.248. The van der Waals surface area contributed by atoms with E-state index < -0.39 is 0 Å². The van der Waals surface area contributed by atoms with Crippen LogP contribution in [0.15, 0.2) is 28.7 Å². The van der Waals surface area contributed by atoms with Crippen molar-refractivity contribution < 1.29 is 13.5 Å². The number of ether oxygens (including phenoxy) is 1. The molecule has 0 radical (unpaired) electrons. The normalized spacial score (nSPS) is 14.6. The summed E-state index contributed by atoms with van der Waals surface area (Å²) in [6.07, 6.45) is 1.95. The third-order valence-corrected chi connectivity index (χ3v) is 3.50. The van der Waals surface area contributed by atoms with Gasteiger partial charge in [0.1, 0.15) is 17.2 Å². The first kappa shape index (κ1) is 15.0. The van der Waals surface area contributed by atoms with Crippen LogP contribution in [-0.2, 0) is 4.74 Å². The molecule has 20 heavy (non-hydrogen) atoms. The van der Waals surface area contributed by atoms with Gasteiger partial charge in [-0.05, 0) is 43.7 Å². The van der Waals surface area contributed by atoms with Gasteiger partial charge in [-0.25, -0.2) is 4.39 Å². The molecule has 0 bridgehead atoms. The average Bonchev–Trinajstić information content (AvgIpc) is 2.86. The molecule has 0 aliphatic heterocycles. The molecular formula is C16H22FNO2. The lowest BCUT2D eigenvalue weighted by Crippen LogP contribution is -2.33. The number of fused-ring (bicyclic) bond motifs is 1. The molecule has 1 aromatic carbocycles. The zero-order valence-electron chi connectivity index (χ0n) is 12.3. The van der Waals surface area contributed by atoms with Gasteiger partial charge in [0, 0.05) is 12.5 Å². The van der Waals surface area contributed by atoms with Crippen LogP contribution in [-0.4, -0.2) is 19.8 Å². The first-order valence-corrected chi connectivity index (χ1v) is 7.14. The van der Waals surface area contributed by atoms with Crippen molar-refractivity contribution in [3.05, 3.63) is 35.8 Å². The van der Waals surface area contributed by atoms with E-state index in [1.807, 2.05) is 6.07 Å². The van der Waals surface area contributed by atoms with Gasteiger partial charge >= 0.3 is 0 Å². The van der Waals surface area contributed by atoms with Crippen molar-refractivity contribution in [2.24, 2.45) is 0 Å². The minimum absolute atomic E-state index is 0.0135. The van der Waals surface area contributed by atoms with E-state index in [9.17, 15) is 4.39 Å². The Labute approximate surface area is 119 Å². The van der Waals surface area contributed by atoms with Crippen LogP contribution >= 0.6 is 0 Å². The van der Waals surface area contributed by atoms with Gasteiger partial charge in [-0.2, -0.15) is 0 Å². The van der Waals surface area contributed by atoms with Gasteiger partial charge < -0.3 is 14.5 Å². The number of rotatable bonds is 7. The van der Waals surface area contributed by atoms with Crippen LogP contribution < -0.4 is 5.32 Å². The van der Waals surface area contributed by atoms with Crippen molar-refractivity contribution in [2.45, 2.75) is 38.8 Å². The summed E-state index contributed by atoms with van der Waals surface area (Å²) in [5, 5.41) is 4.24. The highest BCUT2D eigenvalue weighted by molar-refractivity contribution is 5.78. The second-order valence-electron chi connectivity index (χ2n) is 4.95. The molecule has 2 atom stereocenters. The number of hydrogen-bond acceptors (Lipinski definition) is 3. The Morgan fingerprint density at radius 1 is 1.30 bits per heavy atom. The van der Waals surface area contributed by atoms with E-state index in [1.54, 1.807) is 13.2 Å². The van der Waals surface area contributed by atoms with Gasteiger partial charge in [-0.3, -0.25) is 0 Å². The first-order chi connectivity index (χ1) is 9.69. The van der Waals surface area contributed by atoms with Crippen molar-refractivity contribution in [1.29, 1.82) is 0 Å². The molecule has 2 rings (SSSR count). The van der Waals surface area contributed by atoms with Gasteiger partial charge in [-0.1, -0.05) is 13.8 Å². The van der Waals surface area contributed by atoms with E-state index >= 15 is 0 Å². The van der Waals surface area contributed by atoms with Crippen LogP contribution in [0.3, 0.4) is 0 Å². The minimum Gasteiger partial charge on any atom is -0.459 e. The summed E-state index contributed by atoms with van der Waals surface area (Å²) < 4.78 is 24.7. The molecule has 110 valence electrons. The quantitative estimate of drug-likeness (QED) is 0.830. The summed E-state index contributed by atoms with van der Waals surface area (Å²) in [5.74, 6) is 0.550. The lowest BCUT2D eigenvalue weighted by atomic mass is 10.1. The summed E-state index contributed by atoms with van der Waals surface area (Å²) in [6.45, 7) is 5.08. The summed E-state index contributed by atoms with van der Waals surface area (Å²) in [6, 6.07) is 6.46. The lowest BCUT2D eigenvalue weighted by molar-refractivity contribution is 0.0585. The maximum absolute atomic E-state index is 13.3. The molecule has 0 spiro atoms. The fourth-order valence-corrected chi connectivity index (χ4v) is 2.44. The molecule has 0 aliphatic carbocycles. The number of methoxy groups -OCH3 is 1. The van der Waals surface area contributed by atoms with Crippen LogP contribution in [0, 0.1) is 5.82 Å². The van der Waals surface area contributed by atoms with Gasteiger partial charge in [0.05, 0.1) is 12.1 Å². The summed E-state index contributed by atoms with van der Waals surface area (Å²) in [5.41, 5.74) is 0.704. The van der Waals surface area contributed by atoms with Crippen molar-refractivity contribution in [1.82, 2.24) is 5.32 Å². The average molecular weight is 279 g/mol. The van der Waals surface area contributed by atoms with Crippen molar-refractivity contribution >= 4 is 11.0 Å². The fourth-order valence-electron chi connectivity index (χ4n) is 2.44. The Kier molecular flexibility index (Phi) is 5.15. The van der Waals surface area contributed by atoms with Crippen LogP contribution in [0.5, 0.6) is 0 Å². The molecule has 0 amide bonds. The van der Waals surface area contributed by atoms with Gasteiger partial charge in [-0.15, -0.1) is 0 Å². The Morgan fingerprint density at radius 2 is 2.10 bits per heavy atom. The molecule has 1 N–H and O–H groups in total. The zero-order valence-corrected chi connectivity index (χ0v) is 12.3. The molecule has 0 saturated heterocycles. The van der Waals surface area contributed by atoms with E-state index in [4.69, 9.17) is 9.15 Å².